The van der Waals surface area contributed by atoms with Crippen LogP contribution in [0, 0.1) is 0 Å². The molecule has 0 saturated heterocycles. The quantitative estimate of drug-likeness (QED) is 0.878. The zero-order valence-corrected chi connectivity index (χ0v) is 12.0. The Kier molecular flexibility index (Phi) is 4.58. The molecule has 100 valence electrons. The van der Waals surface area contributed by atoms with Crippen LogP contribution in [-0.4, -0.2) is 11.1 Å². The zero-order chi connectivity index (χ0) is 13.8. The highest BCUT2D eigenvalue weighted by Crippen LogP contribution is 2.19. The molecule has 0 saturated carbocycles. The first-order valence-electron chi connectivity index (χ1n) is 5.86. The Balaban J connectivity index is 1.94. The molecule has 2 aromatic rings. The molecular weight excluding hydrogens is 282 g/mol. The van der Waals surface area contributed by atoms with Crippen molar-refractivity contribution >= 4 is 28.9 Å². The first-order chi connectivity index (χ1) is 9.06. The summed E-state index contributed by atoms with van der Waals surface area (Å²) < 4.78 is 0. The van der Waals surface area contributed by atoms with Crippen LogP contribution in [-0.2, 0) is 6.54 Å². The molecule has 0 aliphatic carbocycles. The molecular formula is C14H14ClNO2S. The van der Waals surface area contributed by atoms with Gasteiger partial charge in [0.2, 0.25) is 0 Å². The van der Waals surface area contributed by atoms with Gasteiger partial charge in [-0.25, -0.2) is 4.79 Å². The molecule has 0 amide bonds. The molecule has 2 rings (SSSR count). The monoisotopic (exact) mass is 295 g/mol. The molecule has 0 radical (unpaired) electrons. The van der Waals surface area contributed by atoms with Gasteiger partial charge in [-0.2, -0.15) is 0 Å². The summed E-state index contributed by atoms with van der Waals surface area (Å²) in [6, 6.07) is 9.58. The summed E-state index contributed by atoms with van der Waals surface area (Å²) in [7, 11) is 0. The van der Waals surface area contributed by atoms with E-state index in [1.54, 1.807) is 11.4 Å². The van der Waals surface area contributed by atoms with Gasteiger partial charge in [-0.1, -0.05) is 23.7 Å². The number of aromatic carboxylic acids is 1. The summed E-state index contributed by atoms with van der Waals surface area (Å²) >= 11 is 7.30. The maximum atomic E-state index is 10.8. The van der Waals surface area contributed by atoms with Crippen LogP contribution in [0.4, 0.5) is 0 Å². The molecule has 1 aromatic heterocycles. The number of hydrogen-bond donors (Lipinski definition) is 2. The Morgan fingerprint density at radius 2 is 2.11 bits per heavy atom. The Hall–Kier alpha value is -1.36. The van der Waals surface area contributed by atoms with Crippen LogP contribution in [0.3, 0.4) is 0 Å². The van der Waals surface area contributed by atoms with Crippen molar-refractivity contribution in [3.05, 3.63) is 56.7 Å². The minimum Gasteiger partial charge on any atom is -0.478 e. The van der Waals surface area contributed by atoms with Crippen molar-refractivity contribution in [1.82, 2.24) is 5.32 Å². The molecule has 0 aliphatic heterocycles. The summed E-state index contributed by atoms with van der Waals surface area (Å²) in [6.45, 7) is 2.72. The second-order valence-corrected chi connectivity index (χ2v) is 5.69. The van der Waals surface area contributed by atoms with Gasteiger partial charge in [0.25, 0.3) is 0 Å². The van der Waals surface area contributed by atoms with E-state index in [1.165, 1.54) is 11.3 Å². The third-order valence-electron chi connectivity index (χ3n) is 2.85. The lowest BCUT2D eigenvalue weighted by molar-refractivity contribution is 0.0697. The van der Waals surface area contributed by atoms with Crippen molar-refractivity contribution in [3.63, 3.8) is 0 Å². The van der Waals surface area contributed by atoms with Gasteiger partial charge in [0.15, 0.2) is 0 Å². The van der Waals surface area contributed by atoms with Gasteiger partial charge in [-0.15, -0.1) is 11.3 Å². The minimum atomic E-state index is -0.881. The van der Waals surface area contributed by atoms with Crippen molar-refractivity contribution in [2.24, 2.45) is 0 Å². The van der Waals surface area contributed by atoms with Crippen LogP contribution < -0.4 is 5.32 Å². The average Bonchev–Trinajstić information content (AvgIpc) is 2.86. The third-order valence-corrected chi connectivity index (χ3v) is 4.04. The first-order valence-corrected chi connectivity index (χ1v) is 7.11. The molecule has 0 bridgehead atoms. The van der Waals surface area contributed by atoms with Gasteiger partial charge in [-0.05, 0) is 30.7 Å². The number of rotatable bonds is 5. The molecule has 5 heteroatoms. The smallest absolute Gasteiger partial charge is 0.336 e. The van der Waals surface area contributed by atoms with Crippen molar-refractivity contribution in [2.75, 3.05) is 0 Å². The van der Waals surface area contributed by atoms with Crippen LogP contribution in [0.5, 0.6) is 0 Å². The fraction of sp³-hybridized carbons (Fsp3) is 0.214. The molecule has 3 nitrogen and oxygen atoms in total. The topological polar surface area (TPSA) is 49.3 Å². The molecule has 0 fully saturated rings. The summed E-state index contributed by atoms with van der Waals surface area (Å²) in [6.07, 6.45) is 0. The van der Waals surface area contributed by atoms with Crippen LogP contribution >= 0.6 is 22.9 Å². The fourth-order valence-corrected chi connectivity index (χ4v) is 2.64. The molecule has 1 heterocycles. The van der Waals surface area contributed by atoms with Gasteiger partial charge in [-0.3, -0.25) is 0 Å². The summed E-state index contributed by atoms with van der Waals surface area (Å²) in [5.41, 5.74) is 1.50. The average molecular weight is 296 g/mol. The zero-order valence-electron chi connectivity index (χ0n) is 10.4. The Morgan fingerprint density at radius 3 is 2.68 bits per heavy atom. The number of carboxylic acid groups (broad SMARTS) is 1. The second kappa shape index (κ2) is 6.19. The van der Waals surface area contributed by atoms with E-state index in [4.69, 9.17) is 16.7 Å². The third kappa shape index (κ3) is 3.80. The molecule has 1 atom stereocenters. The molecule has 0 spiro atoms. The number of nitrogens with one attached hydrogen (secondary N) is 1. The van der Waals surface area contributed by atoms with Gasteiger partial charge in [0.05, 0.1) is 5.56 Å². The maximum Gasteiger partial charge on any atom is 0.336 e. The standard InChI is InChI=1S/C14H14ClNO2S/c1-9(10-2-4-12(15)5-3-10)16-7-13-6-11(8-19-13)14(17)18/h2-6,8-9,16H,7H2,1H3,(H,17,18)/t9-/m1/s1. The van der Waals surface area contributed by atoms with E-state index < -0.39 is 5.97 Å². The van der Waals surface area contributed by atoms with E-state index in [-0.39, 0.29) is 6.04 Å². The van der Waals surface area contributed by atoms with Gasteiger partial charge in [0, 0.05) is 27.9 Å². The van der Waals surface area contributed by atoms with Crippen molar-refractivity contribution in [1.29, 1.82) is 0 Å². The van der Waals surface area contributed by atoms with Crippen LogP contribution in [0.1, 0.15) is 33.8 Å². The van der Waals surface area contributed by atoms with E-state index in [1.807, 2.05) is 24.3 Å². The lowest BCUT2D eigenvalue weighted by Crippen LogP contribution is -2.17. The van der Waals surface area contributed by atoms with Crippen LogP contribution in [0.25, 0.3) is 0 Å². The first kappa shape index (κ1) is 14.1. The maximum absolute atomic E-state index is 10.8. The fourth-order valence-electron chi connectivity index (χ4n) is 1.71. The summed E-state index contributed by atoms with van der Waals surface area (Å²) in [5, 5.41) is 14.6. The van der Waals surface area contributed by atoms with Gasteiger partial charge in [0.1, 0.15) is 0 Å². The van der Waals surface area contributed by atoms with E-state index in [0.717, 1.165) is 15.5 Å². The number of carbonyl (C=O) groups is 1. The lowest BCUT2D eigenvalue weighted by atomic mass is 10.1. The minimum absolute atomic E-state index is 0.188. The van der Waals surface area contributed by atoms with Crippen LogP contribution in [0.2, 0.25) is 5.02 Å². The predicted molar refractivity (Wildman–Crippen MR) is 78.0 cm³/mol. The van der Waals surface area contributed by atoms with Crippen molar-refractivity contribution in [2.45, 2.75) is 19.5 Å². The Bertz CT molecular complexity index is 565. The van der Waals surface area contributed by atoms with E-state index >= 15 is 0 Å². The van der Waals surface area contributed by atoms with E-state index in [0.29, 0.717) is 12.1 Å². The van der Waals surface area contributed by atoms with Gasteiger partial charge < -0.3 is 10.4 Å². The number of benzene rings is 1. The largest absolute Gasteiger partial charge is 0.478 e. The number of halogens is 1. The van der Waals surface area contributed by atoms with Crippen LogP contribution in [0.15, 0.2) is 35.7 Å². The van der Waals surface area contributed by atoms with Crippen molar-refractivity contribution in [3.8, 4) is 0 Å². The van der Waals surface area contributed by atoms with E-state index in [9.17, 15) is 4.79 Å². The summed E-state index contributed by atoms with van der Waals surface area (Å²) in [5.74, 6) is -0.881. The second-order valence-electron chi connectivity index (χ2n) is 4.26. The highest BCUT2D eigenvalue weighted by atomic mass is 35.5. The molecule has 19 heavy (non-hydrogen) atoms. The van der Waals surface area contributed by atoms with Gasteiger partial charge >= 0.3 is 5.97 Å². The normalized spacial score (nSPS) is 12.3. The SMILES string of the molecule is C[C@@H](NCc1cc(C(=O)O)cs1)c1ccc(Cl)cc1. The number of hydrogen-bond acceptors (Lipinski definition) is 3. The Morgan fingerprint density at radius 1 is 1.42 bits per heavy atom. The molecule has 0 unspecified atom stereocenters. The Labute approximate surface area is 120 Å². The number of thiophene rings is 1. The number of carboxylic acids is 1. The highest BCUT2D eigenvalue weighted by Gasteiger charge is 2.08. The summed E-state index contributed by atoms with van der Waals surface area (Å²) in [4.78, 5) is 11.8. The van der Waals surface area contributed by atoms with E-state index in [2.05, 4.69) is 12.2 Å². The lowest BCUT2D eigenvalue weighted by Gasteiger charge is -2.13. The highest BCUT2D eigenvalue weighted by molar-refractivity contribution is 7.10. The molecule has 1 aromatic carbocycles. The van der Waals surface area contributed by atoms with Crippen molar-refractivity contribution < 1.29 is 9.90 Å². The molecule has 2 N–H and O–H groups in total. The molecule has 0 aliphatic rings. The predicted octanol–water partition coefficient (Wildman–Crippen LogP) is 3.95.